The third-order valence-electron chi connectivity index (χ3n) is 1.66. The van der Waals surface area contributed by atoms with Crippen LogP contribution in [0.1, 0.15) is 19.3 Å². The molecule has 1 unspecified atom stereocenters. The van der Waals surface area contributed by atoms with E-state index in [1.807, 2.05) is 0 Å². The van der Waals surface area contributed by atoms with Crippen molar-refractivity contribution in [3.8, 4) is 0 Å². The van der Waals surface area contributed by atoms with Crippen molar-refractivity contribution in [2.45, 2.75) is 30.6 Å². The molecular weight excluding hydrogens is 163 g/mol. The summed E-state index contributed by atoms with van der Waals surface area (Å²) in [7, 11) is 0. The molecule has 0 aromatic carbocycles. The molecule has 0 aromatic rings. The zero-order valence-corrected chi connectivity index (χ0v) is 8.76. The van der Waals surface area contributed by atoms with E-state index in [0.717, 1.165) is 6.42 Å². The third-order valence-corrected chi connectivity index (χ3v) is 2.71. The van der Waals surface area contributed by atoms with Gasteiger partial charge in [0, 0.05) is 5.25 Å². The van der Waals surface area contributed by atoms with Gasteiger partial charge in [-0.2, -0.15) is 0 Å². The predicted molar refractivity (Wildman–Crippen MR) is 32.6 cm³/mol. The Morgan fingerprint density at radius 2 is 2.10 bits per heavy atom. The van der Waals surface area contributed by atoms with E-state index in [0.29, 0.717) is 12.8 Å². The maximum atomic E-state index is 10.3. The summed E-state index contributed by atoms with van der Waals surface area (Å²) in [6, 6.07) is 0. The van der Waals surface area contributed by atoms with Crippen LogP contribution in [0, 0.1) is 0 Å². The number of hydrogen-bond acceptors (Lipinski definition) is 3. The normalized spacial score (nSPS) is 35.0. The summed E-state index contributed by atoms with van der Waals surface area (Å²) >= 11 is -2.07. The Hall–Kier alpha value is 1.07. The molecule has 10 heavy (non-hydrogen) atoms. The summed E-state index contributed by atoms with van der Waals surface area (Å²) < 4.78 is 20.5. The first kappa shape index (κ1) is 11.1. The average molecular weight is 172 g/mol. The molecule has 1 fully saturated rings. The van der Waals surface area contributed by atoms with E-state index in [4.69, 9.17) is 5.11 Å². The summed E-state index contributed by atoms with van der Waals surface area (Å²) in [5, 5.41) is 8.47. The summed E-state index contributed by atoms with van der Waals surface area (Å²) in [5.41, 5.74) is 0. The van der Waals surface area contributed by atoms with Crippen LogP contribution in [0.25, 0.3) is 0 Å². The maximum absolute atomic E-state index is 10.3. The predicted octanol–water partition coefficient (Wildman–Crippen LogP) is -3.22. The minimum absolute atomic E-state index is 0. The van der Waals surface area contributed by atoms with Crippen molar-refractivity contribution in [1.82, 2.24) is 0 Å². The van der Waals surface area contributed by atoms with Crippen LogP contribution in [0.15, 0.2) is 0 Å². The second-order valence-electron chi connectivity index (χ2n) is 2.30. The van der Waals surface area contributed by atoms with Gasteiger partial charge in [0.1, 0.15) is 0 Å². The van der Waals surface area contributed by atoms with Gasteiger partial charge in [-0.1, -0.05) is 0 Å². The SMILES string of the molecule is O=S([O-])[C@@H]1CCC[C@H]1O.[Na+]. The molecule has 1 saturated carbocycles. The molecule has 1 rings (SSSR count). The topological polar surface area (TPSA) is 60.4 Å². The number of hydrogen-bond donors (Lipinski definition) is 1. The maximum Gasteiger partial charge on any atom is 1.00 e. The Morgan fingerprint density at radius 1 is 1.50 bits per heavy atom. The first-order valence-corrected chi connectivity index (χ1v) is 4.12. The Balaban J connectivity index is 0.000000810. The molecule has 1 aliphatic rings. The zero-order valence-electron chi connectivity index (χ0n) is 5.95. The van der Waals surface area contributed by atoms with Crippen molar-refractivity contribution >= 4 is 11.1 Å². The van der Waals surface area contributed by atoms with Crippen molar-refractivity contribution in [3.05, 3.63) is 0 Å². The smallest absolute Gasteiger partial charge is 0.772 e. The fourth-order valence-corrected chi connectivity index (χ4v) is 1.88. The fourth-order valence-electron chi connectivity index (χ4n) is 1.13. The van der Waals surface area contributed by atoms with E-state index in [2.05, 4.69) is 0 Å². The first-order valence-electron chi connectivity index (χ1n) is 2.98. The zero-order chi connectivity index (χ0) is 6.85. The van der Waals surface area contributed by atoms with Gasteiger partial charge < -0.3 is 9.66 Å². The van der Waals surface area contributed by atoms with E-state index in [1.54, 1.807) is 0 Å². The standard InChI is InChI=1S/C5H10O3S.Na/c6-4-2-1-3-5(4)9(7)8;/h4-6H,1-3H2,(H,7,8);/q;+1/p-1/t4-,5-;/m1./s1. The van der Waals surface area contributed by atoms with Crippen molar-refractivity contribution < 1.29 is 43.4 Å². The average Bonchev–Trinajstić information content (AvgIpc) is 2.13. The number of aliphatic hydroxyl groups is 1. The molecule has 0 bridgehead atoms. The van der Waals surface area contributed by atoms with Crippen LogP contribution in [-0.2, 0) is 11.1 Å². The van der Waals surface area contributed by atoms with Crippen molar-refractivity contribution in [3.63, 3.8) is 0 Å². The Morgan fingerprint density at radius 3 is 2.30 bits per heavy atom. The molecule has 0 aromatic heterocycles. The van der Waals surface area contributed by atoms with Crippen molar-refractivity contribution in [2.24, 2.45) is 0 Å². The van der Waals surface area contributed by atoms with Gasteiger partial charge in [-0.05, 0) is 30.3 Å². The molecule has 1 N–H and O–H groups in total. The minimum Gasteiger partial charge on any atom is -0.772 e. The van der Waals surface area contributed by atoms with Crippen molar-refractivity contribution in [2.75, 3.05) is 0 Å². The van der Waals surface area contributed by atoms with Crippen LogP contribution in [-0.4, -0.2) is 25.2 Å². The van der Waals surface area contributed by atoms with Crippen LogP contribution in [0.2, 0.25) is 0 Å². The minimum atomic E-state index is -2.07. The Labute approximate surface area is 84.8 Å². The van der Waals surface area contributed by atoms with Gasteiger partial charge in [-0.25, -0.2) is 0 Å². The quantitative estimate of drug-likeness (QED) is 0.334. The van der Waals surface area contributed by atoms with Crippen LogP contribution < -0.4 is 29.6 Å². The van der Waals surface area contributed by atoms with Gasteiger partial charge in [0.25, 0.3) is 0 Å². The molecule has 0 spiro atoms. The van der Waals surface area contributed by atoms with E-state index in [9.17, 15) is 8.76 Å². The van der Waals surface area contributed by atoms with Gasteiger partial charge in [0.05, 0.1) is 6.10 Å². The monoisotopic (exact) mass is 172 g/mol. The van der Waals surface area contributed by atoms with Crippen LogP contribution in [0.4, 0.5) is 0 Å². The second-order valence-corrected chi connectivity index (χ2v) is 3.42. The molecule has 0 heterocycles. The molecule has 0 radical (unpaired) electrons. The molecule has 0 amide bonds. The third kappa shape index (κ3) is 2.60. The summed E-state index contributed by atoms with van der Waals surface area (Å²) in [4.78, 5) is 0. The van der Waals surface area contributed by atoms with Crippen LogP contribution in [0.5, 0.6) is 0 Å². The largest absolute Gasteiger partial charge is 1.00 e. The van der Waals surface area contributed by atoms with Crippen LogP contribution in [0.3, 0.4) is 0 Å². The van der Waals surface area contributed by atoms with Crippen LogP contribution >= 0.6 is 0 Å². The first-order chi connectivity index (χ1) is 4.22. The fraction of sp³-hybridized carbons (Fsp3) is 1.00. The van der Waals surface area contributed by atoms with Gasteiger partial charge in [-0.3, -0.25) is 4.21 Å². The molecule has 1 aliphatic carbocycles. The molecule has 5 heteroatoms. The van der Waals surface area contributed by atoms with Gasteiger partial charge >= 0.3 is 29.6 Å². The van der Waals surface area contributed by atoms with E-state index in [-0.39, 0.29) is 29.6 Å². The number of aliphatic hydroxyl groups excluding tert-OH is 1. The Bertz CT molecular complexity index is 130. The molecule has 0 aliphatic heterocycles. The van der Waals surface area contributed by atoms with E-state index in [1.165, 1.54) is 0 Å². The van der Waals surface area contributed by atoms with E-state index >= 15 is 0 Å². The molecule has 0 saturated heterocycles. The summed E-state index contributed by atoms with van der Waals surface area (Å²) in [6.45, 7) is 0. The number of rotatable bonds is 1. The Kier molecular flexibility index (Phi) is 5.37. The molecular formula is C5H9NaO3S. The van der Waals surface area contributed by atoms with Gasteiger partial charge in [-0.15, -0.1) is 0 Å². The summed E-state index contributed by atoms with van der Waals surface area (Å²) in [6.07, 6.45) is 1.48. The molecule has 3 atom stereocenters. The van der Waals surface area contributed by atoms with Crippen molar-refractivity contribution in [1.29, 1.82) is 0 Å². The van der Waals surface area contributed by atoms with Gasteiger partial charge in [0.2, 0.25) is 0 Å². The molecule has 3 nitrogen and oxygen atoms in total. The second kappa shape index (κ2) is 4.85. The molecule has 54 valence electrons. The summed E-state index contributed by atoms with van der Waals surface area (Å²) in [5.74, 6) is 0. The van der Waals surface area contributed by atoms with E-state index < -0.39 is 22.4 Å². The van der Waals surface area contributed by atoms with Gasteiger partial charge in [0.15, 0.2) is 0 Å².